The van der Waals surface area contributed by atoms with E-state index in [9.17, 15) is 22.4 Å². The van der Waals surface area contributed by atoms with Crippen molar-refractivity contribution in [1.82, 2.24) is 9.80 Å². The molecule has 1 aromatic rings. The first kappa shape index (κ1) is 21.5. The number of amides is 1. The van der Waals surface area contributed by atoms with Crippen LogP contribution in [0.3, 0.4) is 0 Å². The molecule has 2 unspecified atom stereocenters. The van der Waals surface area contributed by atoms with Crippen LogP contribution in [0.5, 0.6) is 0 Å². The highest BCUT2D eigenvalue weighted by Crippen LogP contribution is 2.34. The molecule has 9 heteroatoms. The summed E-state index contributed by atoms with van der Waals surface area (Å²) in [6, 6.07) is 6.07. The monoisotopic (exact) mass is 416 g/mol. The lowest BCUT2D eigenvalue weighted by atomic mass is 9.84. The molecule has 1 saturated carbocycles. The van der Waals surface area contributed by atoms with Crippen LogP contribution in [0.2, 0.25) is 0 Å². The van der Waals surface area contributed by atoms with Crippen LogP contribution in [-0.4, -0.2) is 65.7 Å². The predicted octanol–water partition coefficient (Wildman–Crippen LogP) is 3.26. The molecule has 1 aliphatic carbocycles. The van der Waals surface area contributed by atoms with Crippen LogP contribution in [0.4, 0.5) is 17.6 Å². The molecule has 0 radical (unpaired) electrons. The Morgan fingerprint density at radius 1 is 1.07 bits per heavy atom. The molecular weight excluding hydrogens is 392 g/mol. The fraction of sp³-hybridized carbons (Fsp3) is 0.600. The van der Waals surface area contributed by atoms with E-state index >= 15 is 0 Å². The molecule has 160 valence electrons. The quantitative estimate of drug-likeness (QED) is 0.769. The maximum Gasteiger partial charge on any atom is 0.490 e. The number of halogens is 4. The number of carboxylic acids is 1. The summed E-state index contributed by atoms with van der Waals surface area (Å²) in [5.41, 5.74) is 0.481. The van der Waals surface area contributed by atoms with E-state index in [4.69, 9.17) is 9.90 Å². The van der Waals surface area contributed by atoms with E-state index < -0.39 is 12.1 Å². The second kappa shape index (κ2) is 8.69. The number of aliphatic carboxylic acids is 1. The average Bonchev–Trinajstić information content (AvgIpc) is 3.44. The Morgan fingerprint density at radius 3 is 2.14 bits per heavy atom. The summed E-state index contributed by atoms with van der Waals surface area (Å²) >= 11 is 0. The minimum atomic E-state index is -5.08. The Kier molecular flexibility index (Phi) is 6.45. The number of carbonyl (C=O) groups is 2. The highest BCUT2D eigenvalue weighted by atomic mass is 19.4. The van der Waals surface area contributed by atoms with Gasteiger partial charge in [-0.2, -0.15) is 13.2 Å². The van der Waals surface area contributed by atoms with Gasteiger partial charge in [-0.25, -0.2) is 9.18 Å². The average molecular weight is 416 g/mol. The van der Waals surface area contributed by atoms with Crippen LogP contribution < -0.4 is 0 Å². The van der Waals surface area contributed by atoms with Crippen molar-refractivity contribution in [2.45, 2.75) is 25.4 Å². The molecule has 1 amide bonds. The van der Waals surface area contributed by atoms with Gasteiger partial charge >= 0.3 is 12.1 Å². The maximum absolute atomic E-state index is 13.3. The largest absolute Gasteiger partial charge is 0.490 e. The van der Waals surface area contributed by atoms with Crippen LogP contribution in [0.1, 0.15) is 29.6 Å². The number of carboxylic acid groups (broad SMARTS) is 1. The molecule has 2 atom stereocenters. The number of benzene rings is 1. The fourth-order valence-corrected chi connectivity index (χ4v) is 4.17. The zero-order valence-electron chi connectivity index (χ0n) is 15.9. The third-order valence-electron chi connectivity index (χ3n) is 5.47. The highest BCUT2D eigenvalue weighted by Gasteiger charge is 2.38. The molecule has 4 rings (SSSR count). The van der Waals surface area contributed by atoms with E-state index in [1.807, 2.05) is 4.90 Å². The minimum Gasteiger partial charge on any atom is -0.475 e. The smallest absolute Gasteiger partial charge is 0.475 e. The number of hydrogen-bond donors (Lipinski definition) is 1. The van der Waals surface area contributed by atoms with Crippen molar-refractivity contribution in [1.29, 1.82) is 0 Å². The molecule has 0 aromatic heterocycles. The number of piperidine rings is 2. The van der Waals surface area contributed by atoms with Crippen molar-refractivity contribution >= 4 is 11.9 Å². The highest BCUT2D eigenvalue weighted by molar-refractivity contribution is 5.94. The third kappa shape index (κ3) is 6.16. The fourth-order valence-electron chi connectivity index (χ4n) is 4.17. The minimum absolute atomic E-state index is 0.00940. The van der Waals surface area contributed by atoms with Crippen LogP contribution >= 0.6 is 0 Å². The van der Waals surface area contributed by atoms with E-state index in [-0.39, 0.29) is 11.7 Å². The van der Waals surface area contributed by atoms with Crippen LogP contribution in [0.15, 0.2) is 24.3 Å². The topological polar surface area (TPSA) is 60.9 Å². The Morgan fingerprint density at radius 2 is 1.66 bits per heavy atom. The molecule has 3 fully saturated rings. The SMILES string of the molecule is O=C(O)C(F)(F)F.O=C(c1cccc(F)c1)N1CC2CC(CN(CC3CC3)C2)C1. The van der Waals surface area contributed by atoms with Crippen LogP contribution in [-0.2, 0) is 4.79 Å². The number of alkyl halides is 3. The van der Waals surface area contributed by atoms with E-state index in [1.165, 1.54) is 37.9 Å². The summed E-state index contributed by atoms with van der Waals surface area (Å²) in [5, 5.41) is 7.12. The lowest BCUT2D eigenvalue weighted by molar-refractivity contribution is -0.192. The second-order valence-corrected chi connectivity index (χ2v) is 8.15. The molecule has 1 N–H and O–H groups in total. The van der Waals surface area contributed by atoms with Gasteiger partial charge in [-0.1, -0.05) is 6.07 Å². The van der Waals surface area contributed by atoms with E-state index in [0.29, 0.717) is 17.4 Å². The molecule has 3 aliphatic rings. The van der Waals surface area contributed by atoms with Crippen molar-refractivity contribution in [3.8, 4) is 0 Å². The van der Waals surface area contributed by atoms with Crippen molar-refractivity contribution in [2.24, 2.45) is 17.8 Å². The number of fused-ring (bicyclic) bond motifs is 2. The summed E-state index contributed by atoms with van der Waals surface area (Å²) in [7, 11) is 0. The molecule has 0 spiro atoms. The Balaban J connectivity index is 0.000000298. The predicted molar refractivity (Wildman–Crippen MR) is 96.8 cm³/mol. The number of rotatable bonds is 3. The summed E-state index contributed by atoms with van der Waals surface area (Å²) in [4.78, 5) is 26.1. The molecule has 29 heavy (non-hydrogen) atoms. The standard InChI is InChI=1S/C18H23FN2O.C2HF3O2/c19-17-3-1-2-16(7-17)18(22)21-11-14-6-15(12-21)10-20(9-14)8-13-4-5-13;3-2(4,5)1(6)7/h1-3,7,13-15H,4-6,8-12H2;(H,6,7). The molecule has 1 aromatic carbocycles. The van der Waals surface area contributed by atoms with Crippen LogP contribution in [0.25, 0.3) is 0 Å². The van der Waals surface area contributed by atoms with E-state index in [2.05, 4.69) is 4.90 Å². The van der Waals surface area contributed by atoms with Gasteiger partial charge in [-0.15, -0.1) is 0 Å². The summed E-state index contributed by atoms with van der Waals surface area (Å²) in [6.07, 6.45) is -1.04. The molecule has 5 nitrogen and oxygen atoms in total. The summed E-state index contributed by atoms with van der Waals surface area (Å²) < 4.78 is 45.1. The zero-order valence-corrected chi connectivity index (χ0v) is 15.9. The first-order valence-corrected chi connectivity index (χ1v) is 9.69. The summed E-state index contributed by atoms with van der Waals surface area (Å²) in [5.74, 6) is -0.993. The van der Waals surface area contributed by atoms with Gasteiger partial charge in [0.05, 0.1) is 0 Å². The van der Waals surface area contributed by atoms with Gasteiger partial charge in [0.2, 0.25) is 0 Å². The summed E-state index contributed by atoms with van der Waals surface area (Å²) in [6.45, 7) is 5.16. The number of nitrogens with zero attached hydrogens (tertiary/aromatic N) is 2. The number of carbonyl (C=O) groups excluding carboxylic acids is 1. The Labute approximate surface area is 166 Å². The molecule has 2 bridgehead atoms. The molecule has 2 saturated heterocycles. The van der Waals surface area contributed by atoms with Gasteiger partial charge in [0, 0.05) is 38.3 Å². The Hall–Kier alpha value is -2.16. The number of likely N-dealkylation sites (tertiary alicyclic amines) is 2. The molecule has 2 aliphatic heterocycles. The first-order chi connectivity index (χ1) is 13.6. The van der Waals surface area contributed by atoms with Crippen molar-refractivity contribution in [3.63, 3.8) is 0 Å². The van der Waals surface area contributed by atoms with Crippen LogP contribution in [0, 0.1) is 23.6 Å². The first-order valence-electron chi connectivity index (χ1n) is 9.69. The van der Waals surface area contributed by atoms with Gasteiger partial charge in [0.25, 0.3) is 5.91 Å². The lowest BCUT2D eigenvalue weighted by Gasteiger charge is -2.46. The maximum atomic E-state index is 13.3. The normalized spacial score (nSPS) is 24.5. The third-order valence-corrected chi connectivity index (χ3v) is 5.47. The van der Waals surface area contributed by atoms with Gasteiger partial charge in [-0.3, -0.25) is 4.79 Å². The van der Waals surface area contributed by atoms with Gasteiger partial charge in [-0.05, 0) is 55.2 Å². The van der Waals surface area contributed by atoms with E-state index in [1.54, 1.807) is 12.1 Å². The molecule has 2 heterocycles. The lowest BCUT2D eigenvalue weighted by Crippen LogP contribution is -2.54. The van der Waals surface area contributed by atoms with Gasteiger partial charge < -0.3 is 14.9 Å². The van der Waals surface area contributed by atoms with Crippen molar-refractivity contribution in [3.05, 3.63) is 35.6 Å². The zero-order chi connectivity index (χ0) is 21.2. The van der Waals surface area contributed by atoms with E-state index in [0.717, 1.165) is 32.1 Å². The van der Waals surface area contributed by atoms with Gasteiger partial charge in [0.15, 0.2) is 0 Å². The van der Waals surface area contributed by atoms with Crippen molar-refractivity contribution in [2.75, 3.05) is 32.7 Å². The Bertz CT molecular complexity index is 737. The van der Waals surface area contributed by atoms with Gasteiger partial charge in [0.1, 0.15) is 5.82 Å². The number of hydrogen-bond acceptors (Lipinski definition) is 3. The van der Waals surface area contributed by atoms with Crippen molar-refractivity contribution < 1.29 is 32.3 Å². The molecular formula is C20H24F4N2O3. The second-order valence-electron chi connectivity index (χ2n) is 8.15.